The van der Waals surface area contributed by atoms with Crippen molar-refractivity contribution < 1.29 is 92.2 Å². The maximum absolute atomic E-state index is 13.0. The lowest BCUT2D eigenvalue weighted by molar-refractivity contribution is -0.216. The normalized spacial score (nSPS) is 23.2. The van der Waals surface area contributed by atoms with Gasteiger partial charge in [0, 0.05) is 12.8 Å². The van der Waals surface area contributed by atoms with Crippen molar-refractivity contribution in [2.24, 2.45) is 0 Å². The number of carbonyl (C=O) groups is 2. The number of hydrogen-bond donors (Lipinski definition) is 10. The SMILES string of the molecule is CC/C=C\C/C=C\C/C=C\C/C=C\CCCCCCC(=O)OC[C@H](COP(=O)(O)O[C@H]1C(O)C(O)C(O)[C@@H](OP(=O)(O)O)C1O)OC(=O)CCC[C@H](O)[C@@H](O)/C=C/C=C/C=C\C=C\[C@@H](O)CCCCC. The van der Waals surface area contributed by atoms with E-state index in [0.29, 0.717) is 12.8 Å². The van der Waals surface area contributed by atoms with Crippen molar-refractivity contribution in [2.75, 3.05) is 13.2 Å². The maximum atomic E-state index is 13.0. The van der Waals surface area contributed by atoms with Crippen molar-refractivity contribution in [2.45, 2.75) is 184 Å². The van der Waals surface area contributed by atoms with Gasteiger partial charge < -0.3 is 59.9 Å². The van der Waals surface area contributed by atoms with E-state index in [0.717, 1.165) is 70.6 Å². The molecule has 0 aromatic heterocycles. The fraction of sp³-hybridized carbons (Fsp3) is 0.633. The third kappa shape index (κ3) is 32.0. The monoisotopic (exact) mass is 1030 g/mol. The molecule has 1 fully saturated rings. The Labute approximate surface area is 413 Å². The van der Waals surface area contributed by atoms with E-state index in [9.17, 15) is 69.1 Å². The minimum atomic E-state index is -5.42. The van der Waals surface area contributed by atoms with Crippen LogP contribution in [0.1, 0.15) is 123 Å². The van der Waals surface area contributed by atoms with Crippen LogP contribution in [-0.2, 0) is 41.8 Å². The van der Waals surface area contributed by atoms with Crippen LogP contribution in [0.2, 0.25) is 0 Å². The molecule has 400 valence electrons. The number of phosphoric acid groups is 2. The van der Waals surface area contributed by atoms with Crippen molar-refractivity contribution in [3.8, 4) is 0 Å². The Morgan fingerprint density at radius 2 is 1.13 bits per heavy atom. The summed E-state index contributed by atoms with van der Waals surface area (Å²) < 4.78 is 49.1. The fourth-order valence-electron chi connectivity index (χ4n) is 6.63. The van der Waals surface area contributed by atoms with E-state index in [-0.39, 0.29) is 25.7 Å². The standard InChI is InChI=1S/C49H80O19P2/c1-3-5-7-8-9-10-11-12-13-14-15-16-17-18-19-24-28-34-42(53)64-36-39(37-65-70(62,63)68-49-46(57)44(55)45(56)48(47(49)58)67-69(59,60)61)66-43(54)35-29-33-41(52)40(51)32-27-23-21-20-22-26-31-38(50)30-25-6-4-2/h5,7,9-10,12-13,15-16,20-23,26-27,31-32,38-41,44-52,55-58H,3-4,6,8,11,14,17-19,24-25,28-30,33-37H2,1-2H3,(H,62,63)(H2,59,60,61)/b7-5-,10-9-,13-12-,16-15-,22-20-,23-21+,31-26+,32-27+/t38-,39+,40-,41-,44?,45?,46?,47?,48+,49-/m0/s1. The van der Waals surface area contributed by atoms with E-state index in [1.165, 1.54) is 12.2 Å². The first-order valence-electron chi connectivity index (χ1n) is 24.1. The van der Waals surface area contributed by atoms with Crippen LogP contribution in [-0.4, -0.2) is 137 Å². The molecular weight excluding hydrogens is 954 g/mol. The fourth-order valence-corrected chi connectivity index (χ4v) is 8.17. The van der Waals surface area contributed by atoms with E-state index in [1.807, 2.05) is 0 Å². The van der Waals surface area contributed by atoms with Crippen molar-refractivity contribution in [1.29, 1.82) is 0 Å². The average molecular weight is 1040 g/mol. The molecule has 11 atom stereocenters. The number of carbonyl (C=O) groups excluding carboxylic acids is 2. The highest BCUT2D eigenvalue weighted by atomic mass is 31.2. The molecule has 1 aliphatic carbocycles. The molecule has 70 heavy (non-hydrogen) atoms. The number of aliphatic hydroxyl groups excluding tert-OH is 7. The van der Waals surface area contributed by atoms with E-state index >= 15 is 0 Å². The van der Waals surface area contributed by atoms with Crippen molar-refractivity contribution in [3.63, 3.8) is 0 Å². The molecule has 0 spiro atoms. The van der Waals surface area contributed by atoms with Gasteiger partial charge >= 0.3 is 27.6 Å². The largest absolute Gasteiger partial charge is 0.472 e. The molecule has 1 aliphatic rings. The van der Waals surface area contributed by atoms with Crippen molar-refractivity contribution in [1.82, 2.24) is 0 Å². The van der Waals surface area contributed by atoms with Gasteiger partial charge in [-0.1, -0.05) is 143 Å². The zero-order valence-corrected chi connectivity index (χ0v) is 42.3. The van der Waals surface area contributed by atoms with Crippen molar-refractivity contribution >= 4 is 27.6 Å². The average Bonchev–Trinajstić information content (AvgIpc) is 3.31. The first-order valence-corrected chi connectivity index (χ1v) is 27.1. The second kappa shape index (κ2) is 38.4. The highest BCUT2D eigenvalue weighted by Crippen LogP contribution is 2.49. The molecule has 0 heterocycles. The van der Waals surface area contributed by atoms with Crippen LogP contribution in [0.4, 0.5) is 0 Å². The van der Waals surface area contributed by atoms with Gasteiger partial charge in [0.15, 0.2) is 6.10 Å². The third-order valence-electron chi connectivity index (χ3n) is 10.5. The molecule has 5 unspecified atom stereocenters. The van der Waals surface area contributed by atoms with E-state index in [4.69, 9.17) is 18.5 Å². The Morgan fingerprint density at radius 3 is 1.74 bits per heavy atom. The Hall–Kier alpha value is -3.20. The van der Waals surface area contributed by atoms with E-state index < -0.39 is 102 Å². The van der Waals surface area contributed by atoms with Gasteiger partial charge in [-0.15, -0.1) is 0 Å². The molecule has 0 bridgehead atoms. The summed E-state index contributed by atoms with van der Waals surface area (Å²) in [5.74, 6) is -1.57. The third-order valence-corrected chi connectivity index (χ3v) is 12.0. The smallest absolute Gasteiger partial charge is 0.462 e. The van der Waals surface area contributed by atoms with Gasteiger partial charge in [0.1, 0.15) is 43.2 Å². The minimum Gasteiger partial charge on any atom is -0.462 e. The lowest BCUT2D eigenvalue weighted by Gasteiger charge is -2.43. The maximum Gasteiger partial charge on any atom is 0.472 e. The predicted octanol–water partition coefficient (Wildman–Crippen LogP) is 6.08. The van der Waals surface area contributed by atoms with Gasteiger partial charge in [-0.05, 0) is 64.2 Å². The van der Waals surface area contributed by atoms with Crippen LogP contribution >= 0.6 is 15.6 Å². The Kier molecular flexibility index (Phi) is 35.6. The van der Waals surface area contributed by atoms with Crippen LogP contribution in [0.5, 0.6) is 0 Å². The number of ether oxygens (including phenoxy) is 2. The predicted molar refractivity (Wildman–Crippen MR) is 263 cm³/mol. The topological polar surface area (TPSA) is 317 Å². The molecule has 1 rings (SSSR count). The summed E-state index contributed by atoms with van der Waals surface area (Å²) in [5.41, 5.74) is 0. The van der Waals surface area contributed by atoms with Crippen molar-refractivity contribution in [3.05, 3.63) is 97.2 Å². The molecular formula is C49H80O19P2. The minimum absolute atomic E-state index is 0.0132. The molecule has 0 radical (unpaired) electrons. The van der Waals surface area contributed by atoms with Gasteiger partial charge in [-0.2, -0.15) is 0 Å². The van der Waals surface area contributed by atoms with Crippen LogP contribution in [0, 0.1) is 0 Å². The summed E-state index contributed by atoms with van der Waals surface area (Å²) in [5, 5.41) is 71.9. The van der Waals surface area contributed by atoms with Crippen LogP contribution < -0.4 is 0 Å². The number of esters is 2. The number of hydrogen-bond acceptors (Lipinski definition) is 16. The molecule has 0 aromatic rings. The Balaban J connectivity index is 2.76. The van der Waals surface area contributed by atoms with Crippen LogP contribution in [0.25, 0.3) is 0 Å². The number of rotatable bonds is 38. The van der Waals surface area contributed by atoms with Crippen LogP contribution in [0.15, 0.2) is 97.2 Å². The molecule has 0 saturated heterocycles. The van der Waals surface area contributed by atoms with E-state index in [2.05, 4.69) is 67.0 Å². The Bertz CT molecular complexity index is 1770. The van der Waals surface area contributed by atoms with Gasteiger partial charge in [-0.25, -0.2) is 9.13 Å². The molecule has 0 aromatic carbocycles. The molecule has 1 saturated carbocycles. The molecule has 10 N–H and O–H groups in total. The number of unbranched alkanes of at least 4 members (excludes halogenated alkanes) is 6. The number of aliphatic hydroxyl groups is 7. The van der Waals surface area contributed by atoms with Gasteiger partial charge in [0.25, 0.3) is 0 Å². The molecule has 0 aliphatic heterocycles. The summed E-state index contributed by atoms with van der Waals surface area (Å²) in [6, 6.07) is 0. The zero-order valence-electron chi connectivity index (χ0n) is 40.5. The van der Waals surface area contributed by atoms with Gasteiger partial charge in [0.05, 0.1) is 24.9 Å². The van der Waals surface area contributed by atoms with Gasteiger partial charge in [0.2, 0.25) is 0 Å². The van der Waals surface area contributed by atoms with E-state index in [1.54, 1.807) is 36.5 Å². The molecule has 21 heteroatoms. The quantitative estimate of drug-likeness (QED) is 0.0110. The summed E-state index contributed by atoms with van der Waals surface area (Å²) >= 11 is 0. The van der Waals surface area contributed by atoms with Gasteiger partial charge in [-0.3, -0.25) is 23.2 Å². The Morgan fingerprint density at radius 1 is 0.571 bits per heavy atom. The second-order valence-corrected chi connectivity index (χ2v) is 19.3. The molecule has 0 amide bonds. The zero-order chi connectivity index (χ0) is 52.2. The highest BCUT2D eigenvalue weighted by Gasteiger charge is 2.54. The summed E-state index contributed by atoms with van der Waals surface area (Å²) in [6.45, 7) is 2.57. The first-order chi connectivity index (χ1) is 33.3. The number of allylic oxidation sites excluding steroid dienone is 14. The summed E-state index contributed by atoms with van der Waals surface area (Å²) in [4.78, 5) is 54.4. The molecule has 19 nitrogen and oxygen atoms in total. The lowest BCUT2D eigenvalue weighted by Crippen LogP contribution is -2.64. The summed E-state index contributed by atoms with van der Waals surface area (Å²) in [7, 11) is -10.8. The number of phosphoric ester groups is 2. The summed E-state index contributed by atoms with van der Waals surface area (Å²) in [6.07, 6.45) is 22.7. The second-order valence-electron chi connectivity index (χ2n) is 16.7. The highest BCUT2D eigenvalue weighted by molar-refractivity contribution is 7.47. The van der Waals surface area contributed by atoms with Crippen LogP contribution in [0.3, 0.4) is 0 Å². The first kappa shape index (κ1) is 64.8. The lowest BCUT2D eigenvalue weighted by atomic mass is 9.85.